The lowest BCUT2D eigenvalue weighted by Gasteiger charge is -2.34. The molecule has 0 unspecified atom stereocenters. The number of rotatable bonds is 3. The van der Waals surface area contributed by atoms with Gasteiger partial charge >= 0.3 is 6.03 Å². The van der Waals surface area contributed by atoms with Gasteiger partial charge in [0, 0.05) is 31.5 Å². The number of carbonyl (C=O) groups excluding carboxylic acids is 2. The van der Waals surface area contributed by atoms with E-state index in [9.17, 15) is 9.59 Å². The molecule has 1 aromatic carbocycles. The highest BCUT2D eigenvalue weighted by molar-refractivity contribution is 5.75. The average molecular weight is 317 g/mol. The summed E-state index contributed by atoms with van der Waals surface area (Å²) in [4.78, 5) is 25.3. The Morgan fingerprint density at radius 2 is 1.96 bits per heavy atom. The molecular weight excluding hydrogens is 294 g/mol. The molecule has 3 N–H and O–H groups in total. The lowest BCUT2D eigenvalue weighted by molar-refractivity contribution is -0.119. The van der Waals surface area contributed by atoms with Crippen LogP contribution in [0.2, 0.25) is 0 Å². The van der Waals surface area contributed by atoms with Crippen LogP contribution < -0.4 is 15.8 Å². The molecule has 2 heterocycles. The molecule has 3 amide bonds. The first-order valence-electron chi connectivity index (χ1n) is 8.19. The van der Waals surface area contributed by atoms with Crippen molar-refractivity contribution in [1.82, 2.24) is 10.2 Å². The highest BCUT2D eigenvalue weighted by Gasteiger charge is 2.27. The Morgan fingerprint density at radius 3 is 2.70 bits per heavy atom. The van der Waals surface area contributed by atoms with Crippen molar-refractivity contribution in [3.63, 3.8) is 0 Å². The number of nitrogens with one attached hydrogen (secondary N) is 1. The van der Waals surface area contributed by atoms with Gasteiger partial charge in [-0.2, -0.15) is 0 Å². The zero-order chi connectivity index (χ0) is 16.2. The first-order chi connectivity index (χ1) is 11.1. The summed E-state index contributed by atoms with van der Waals surface area (Å²) in [6.07, 6.45) is 2.87. The quantitative estimate of drug-likeness (QED) is 0.891. The number of piperidine rings is 1. The Bertz CT molecular complexity index is 582. The molecule has 2 aliphatic heterocycles. The third-order valence-electron chi connectivity index (χ3n) is 4.65. The summed E-state index contributed by atoms with van der Waals surface area (Å²) in [6.45, 7) is 1.96. The van der Waals surface area contributed by atoms with Gasteiger partial charge in [0.15, 0.2) is 0 Å². The molecule has 23 heavy (non-hydrogen) atoms. The predicted octanol–water partition coefficient (Wildman–Crippen LogP) is 1.81. The fourth-order valence-corrected chi connectivity index (χ4v) is 3.36. The van der Waals surface area contributed by atoms with E-state index in [4.69, 9.17) is 10.5 Å². The number of ether oxygens (including phenoxy) is 1. The second kappa shape index (κ2) is 6.89. The van der Waals surface area contributed by atoms with E-state index in [-0.39, 0.29) is 18.0 Å². The summed E-state index contributed by atoms with van der Waals surface area (Å²) >= 11 is 0. The second-order valence-electron chi connectivity index (χ2n) is 6.28. The van der Waals surface area contributed by atoms with Crippen LogP contribution in [0.25, 0.3) is 0 Å². The van der Waals surface area contributed by atoms with Crippen molar-refractivity contribution >= 4 is 11.9 Å². The van der Waals surface area contributed by atoms with E-state index < -0.39 is 0 Å². The summed E-state index contributed by atoms with van der Waals surface area (Å²) in [5, 5.41) is 3.12. The highest BCUT2D eigenvalue weighted by Crippen LogP contribution is 2.31. The Kier molecular flexibility index (Phi) is 4.69. The summed E-state index contributed by atoms with van der Waals surface area (Å²) in [5.41, 5.74) is 6.28. The minimum atomic E-state index is -0.258. The Labute approximate surface area is 136 Å². The zero-order valence-electron chi connectivity index (χ0n) is 13.2. The molecular formula is C17H23N3O3. The van der Waals surface area contributed by atoms with Gasteiger partial charge in [0.05, 0.1) is 12.6 Å². The molecule has 6 heteroatoms. The van der Waals surface area contributed by atoms with Crippen LogP contribution in [0.1, 0.15) is 37.3 Å². The number of para-hydroxylation sites is 1. The standard InChI is InChI=1S/C17H23N3O3/c18-16(21)11-12-5-8-20(9-6-12)17(22)19-14-7-10-23-15-4-2-1-3-13(14)15/h1-4,12,14H,5-11H2,(H2,18,21)(H,19,22)/t14-/m0/s1. The third kappa shape index (κ3) is 3.75. The van der Waals surface area contributed by atoms with Gasteiger partial charge in [-0.25, -0.2) is 4.79 Å². The van der Waals surface area contributed by atoms with Crippen LogP contribution in [0.3, 0.4) is 0 Å². The number of carbonyl (C=O) groups is 2. The molecule has 124 valence electrons. The van der Waals surface area contributed by atoms with E-state index in [2.05, 4.69) is 5.32 Å². The lowest BCUT2D eigenvalue weighted by Crippen LogP contribution is -2.46. The van der Waals surface area contributed by atoms with Crippen LogP contribution in [0.5, 0.6) is 5.75 Å². The normalized spacial score (nSPS) is 21.2. The fraction of sp³-hybridized carbons (Fsp3) is 0.529. The van der Waals surface area contributed by atoms with Crippen LogP contribution >= 0.6 is 0 Å². The minimum absolute atomic E-state index is 0.00390. The van der Waals surface area contributed by atoms with E-state index in [1.807, 2.05) is 29.2 Å². The smallest absolute Gasteiger partial charge is 0.317 e. The van der Waals surface area contributed by atoms with Crippen LogP contribution in [-0.2, 0) is 4.79 Å². The minimum Gasteiger partial charge on any atom is -0.493 e. The largest absolute Gasteiger partial charge is 0.493 e. The van der Waals surface area contributed by atoms with Gasteiger partial charge in [0.25, 0.3) is 0 Å². The molecule has 1 fully saturated rings. The molecule has 1 aromatic rings. The van der Waals surface area contributed by atoms with Gasteiger partial charge in [-0.15, -0.1) is 0 Å². The Balaban J connectivity index is 1.56. The van der Waals surface area contributed by atoms with Gasteiger partial charge in [0.1, 0.15) is 5.75 Å². The summed E-state index contributed by atoms with van der Waals surface area (Å²) in [7, 11) is 0. The Morgan fingerprint density at radius 1 is 1.22 bits per heavy atom. The number of urea groups is 1. The van der Waals surface area contributed by atoms with Crippen LogP contribution in [0.15, 0.2) is 24.3 Å². The maximum atomic E-state index is 12.5. The van der Waals surface area contributed by atoms with E-state index in [0.29, 0.717) is 32.0 Å². The maximum Gasteiger partial charge on any atom is 0.317 e. The van der Waals surface area contributed by atoms with E-state index in [1.54, 1.807) is 0 Å². The number of benzene rings is 1. The zero-order valence-corrected chi connectivity index (χ0v) is 13.2. The summed E-state index contributed by atoms with van der Waals surface area (Å²) < 4.78 is 5.62. The van der Waals surface area contributed by atoms with Gasteiger partial charge < -0.3 is 20.7 Å². The van der Waals surface area contributed by atoms with E-state index in [0.717, 1.165) is 30.6 Å². The van der Waals surface area contributed by atoms with E-state index in [1.165, 1.54) is 0 Å². The molecule has 6 nitrogen and oxygen atoms in total. The second-order valence-corrected chi connectivity index (χ2v) is 6.28. The summed E-state index contributed by atoms with van der Waals surface area (Å²) in [5.74, 6) is 0.899. The monoisotopic (exact) mass is 317 g/mol. The topological polar surface area (TPSA) is 84.7 Å². The van der Waals surface area contributed by atoms with Crippen molar-refractivity contribution in [2.24, 2.45) is 11.7 Å². The van der Waals surface area contributed by atoms with Gasteiger partial charge in [-0.1, -0.05) is 18.2 Å². The van der Waals surface area contributed by atoms with Crippen molar-refractivity contribution in [3.05, 3.63) is 29.8 Å². The molecule has 1 saturated heterocycles. The number of nitrogens with two attached hydrogens (primary N) is 1. The van der Waals surface area contributed by atoms with Crippen molar-refractivity contribution in [2.75, 3.05) is 19.7 Å². The molecule has 0 aromatic heterocycles. The molecule has 0 aliphatic carbocycles. The van der Waals surface area contributed by atoms with Crippen LogP contribution in [0, 0.1) is 5.92 Å². The third-order valence-corrected chi connectivity index (χ3v) is 4.65. The molecule has 0 radical (unpaired) electrons. The van der Waals surface area contributed by atoms with Gasteiger partial charge in [-0.3, -0.25) is 4.79 Å². The molecule has 0 spiro atoms. The van der Waals surface area contributed by atoms with Crippen molar-refractivity contribution in [1.29, 1.82) is 0 Å². The Hall–Kier alpha value is -2.24. The SMILES string of the molecule is NC(=O)CC1CCN(C(=O)N[C@H]2CCOc3ccccc32)CC1. The molecule has 2 aliphatic rings. The van der Waals surface area contributed by atoms with Crippen LogP contribution in [-0.4, -0.2) is 36.5 Å². The predicted molar refractivity (Wildman–Crippen MR) is 85.9 cm³/mol. The molecule has 0 bridgehead atoms. The number of hydrogen-bond donors (Lipinski definition) is 2. The first-order valence-corrected chi connectivity index (χ1v) is 8.19. The van der Waals surface area contributed by atoms with E-state index >= 15 is 0 Å². The first kappa shape index (κ1) is 15.6. The van der Waals surface area contributed by atoms with Gasteiger partial charge in [-0.05, 0) is 24.8 Å². The number of likely N-dealkylation sites (tertiary alicyclic amines) is 1. The summed E-state index contributed by atoms with van der Waals surface area (Å²) in [6, 6.07) is 7.79. The molecule has 1 atom stereocenters. The number of fused-ring (bicyclic) bond motifs is 1. The lowest BCUT2D eigenvalue weighted by atomic mass is 9.93. The molecule has 0 saturated carbocycles. The highest BCUT2D eigenvalue weighted by atomic mass is 16.5. The molecule has 3 rings (SSSR count). The number of nitrogens with zero attached hydrogens (tertiary/aromatic N) is 1. The average Bonchev–Trinajstić information content (AvgIpc) is 2.55. The number of primary amides is 1. The van der Waals surface area contributed by atoms with Crippen LogP contribution in [0.4, 0.5) is 4.79 Å². The van der Waals surface area contributed by atoms with Crippen molar-refractivity contribution < 1.29 is 14.3 Å². The number of amides is 3. The number of hydrogen-bond acceptors (Lipinski definition) is 3. The van der Waals surface area contributed by atoms with Crippen molar-refractivity contribution in [2.45, 2.75) is 31.7 Å². The maximum absolute atomic E-state index is 12.5. The van der Waals surface area contributed by atoms with Gasteiger partial charge in [0.2, 0.25) is 5.91 Å². The fourth-order valence-electron chi connectivity index (χ4n) is 3.36. The van der Waals surface area contributed by atoms with Crippen molar-refractivity contribution in [3.8, 4) is 5.75 Å².